The summed E-state index contributed by atoms with van der Waals surface area (Å²) in [6, 6.07) is 31.9. The van der Waals surface area contributed by atoms with E-state index in [1.807, 2.05) is 124 Å². The van der Waals surface area contributed by atoms with Gasteiger partial charge in [-0.3, -0.25) is 19.9 Å². The smallest absolute Gasteiger partial charge is 0.0674 e. The van der Waals surface area contributed by atoms with Crippen LogP contribution < -0.4 is 20.0 Å². The van der Waals surface area contributed by atoms with Gasteiger partial charge in [0.05, 0.1) is 10.8 Å². The normalized spacial score (nSPS) is 15.5. The van der Waals surface area contributed by atoms with E-state index in [0.29, 0.717) is 0 Å². The second-order valence-electron chi connectivity index (χ2n) is 14.9. The molecule has 2 aliphatic heterocycles. The first-order valence-electron chi connectivity index (χ1n) is 19.4. The van der Waals surface area contributed by atoms with E-state index in [2.05, 4.69) is 123 Å². The van der Waals surface area contributed by atoms with Gasteiger partial charge in [0.25, 0.3) is 0 Å². The minimum Gasteiger partial charge on any atom is -0.581 e. The fraction of sp³-hybridized carbons (Fsp3) is 0.0833. The number of rotatable bonds is 6. The van der Waals surface area contributed by atoms with Crippen LogP contribution in [0.5, 0.6) is 0 Å². The van der Waals surface area contributed by atoms with E-state index >= 15 is 0 Å². The van der Waals surface area contributed by atoms with Gasteiger partial charge in [0.1, 0.15) is 0 Å². The predicted molar refractivity (Wildman–Crippen MR) is 226 cm³/mol. The van der Waals surface area contributed by atoms with Crippen molar-refractivity contribution in [1.29, 1.82) is 0 Å². The third-order valence-electron chi connectivity index (χ3n) is 11.6. The van der Waals surface area contributed by atoms with Crippen molar-refractivity contribution >= 4 is 11.4 Å². The first kappa shape index (κ1) is 40.9. The van der Waals surface area contributed by atoms with E-state index in [9.17, 15) is 0 Å². The molecule has 0 radical (unpaired) electrons. The molecule has 8 heterocycles. The molecular formula is C48H34N12Pt2-6. The minimum atomic E-state index is -0.672. The summed E-state index contributed by atoms with van der Waals surface area (Å²) in [4.78, 5) is 26.0. The Balaban J connectivity index is 0.000000153. The van der Waals surface area contributed by atoms with Crippen LogP contribution in [0, 0.1) is 25.5 Å². The number of benzene rings is 2. The Morgan fingerprint density at radius 3 is 1.16 bits per heavy atom. The molecule has 0 fully saturated rings. The van der Waals surface area contributed by atoms with Crippen LogP contribution in [0.15, 0.2) is 160 Å². The zero-order valence-corrected chi connectivity index (χ0v) is 37.7. The van der Waals surface area contributed by atoms with Crippen molar-refractivity contribution in [1.82, 2.24) is 50.1 Å². The predicted octanol–water partition coefficient (Wildman–Crippen LogP) is 6.66. The molecule has 14 heteroatoms. The van der Waals surface area contributed by atoms with Gasteiger partial charge in [-0.15, -0.1) is 22.5 Å². The molecule has 12 nitrogen and oxygen atoms in total. The molecule has 4 aliphatic rings. The summed E-state index contributed by atoms with van der Waals surface area (Å²) in [7, 11) is 4.00. The van der Waals surface area contributed by atoms with E-state index in [4.69, 9.17) is 0 Å². The van der Waals surface area contributed by atoms with Crippen LogP contribution in [0.25, 0.3) is 22.3 Å². The Labute approximate surface area is 388 Å². The molecule has 2 aromatic carbocycles. The second-order valence-corrected chi connectivity index (χ2v) is 14.9. The largest absolute Gasteiger partial charge is 0.581 e. The summed E-state index contributed by atoms with van der Waals surface area (Å²) in [6.07, 6.45) is 26.6. The molecular weight excluding hydrogens is 1130 g/mol. The van der Waals surface area contributed by atoms with Gasteiger partial charge in [-0.25, -0.2) is 0 Å². The Kier molecular flexibility index (Phi) is 10.8. The third-order valence-corrected chi connectivity index (χ3v) is 11.6. The van der Waals surface area contributed by atoms with Crippen molar-refractivity contribution in [3.8, 4) is 22.3 Å². The fourth-order valence-corrected chi connectivity index (χ4v) is 9.11. The monoisotopic (exact) mass is 1170 g/mol. The first-order chi connectivity index (χ1) is 29.6. The summed E-state index contributed by atoms with van der Waals surface area (Å²) >= 11 is 0. The molecule has 0 amide bonds. The number of aromatic nitrogens is 8. The molecule has 62 heavy (non-hydrogen) atoms. The zero-order valence-electron chi connectivity index (χ0n) is 33.2. The number of fused-ring (bicyclic) bond motifs is 6. The van der Waals surface area contributed by atoms with Crippen molar-refractivity contribution in [2.24, 2.45) is 0 Å². The van der Waals surface area contributed by atoms with Gasteiger partial charge < -0.3 is 40.0 Å². The summed E-state index contributed by atoms with van der Waals surface area (Å²) in [5.74, 6) is 0. The summed E-state index contributed by atoms with van der Waals surface area (Å²) in [5, 5.41) is 17.3. The van der Waals surface area contributed by atoms with Crippen LogP contribution in [-0.2, 0) is 53.0 Å². The first-order valence-corrected chi connectivity index (χ1v) is 19.4. The summed E-state index contributed by atoms with van der Waals surface area (Å²) in [5.41, 5.74) is 13.0. The Morgan fingerprint density at radius 1 is 0.484 bits per heavy atom. The molecule has 2 aliphatic carbocycles. The SMILES string of the molecule is CN1C=CN(c2[c-]c(C3(c4cc[n-]n4)c4cnccc4-c4ccncc43)ccc2)[CH-]1.CN1C=CN(c2[c-]c(C3(c4cc[n-]n4)c4cnccc4-c4ccncc43)ccc2)[CH-]1.[Pt].[Pt]. The minimum absolute atomic E-state index is 0. The Bertz CT molecular complexity index is 2640. The van der Waals surface area contributed by atoms with Crippen molar-refractivity contribution < 1.29 is 42.1 Å². The zero-order chi connectivity index (χ0) is 40.3. The number of pyridine rings is 4. The molecule has 0 spiro atoms. The van der Waals surface area contributed by atoms with Crippen LogP contribution in [0.2, 0.25) is 0 Å². The van der Waals surface area contributed by atoms with Gasteiger partial charge in [0, 0.05) is 103 Å². The molecule has 0 saturated heterocycles. The third kappa shape index (κ3) is 6.26. The molecule has 312 valence electrons. The van der Waals surface area contributed by atoms with Gasteiger partial charge in [-0.2, -0.15) is 74.3 Å². The fourth-order valence-electron chi connectivity index (χ4n) is 9.11. The van der Waals surface area contributed by atoms with Crippen molar-refractivity contribution in [3.05, 3.63) is 230 Å². The second kappa shape index (κ2) is 16.4. The molecule has 12 rings (SSSR count). The molecule has 0 N–H and O–H groups in total. The molecule has 0 atom stereocenters. The number of hydrogen-bond acceptors (Lipinski definition) is 10. The molecule has 0 bridgehead atoms. The van der Waals surface area contributed by atoms with Crippen LogP contribution in [0.4, 0.5) is 11.4 Å². The maximum Gasteiger partial charge on any atom is 0.0674 e. The quantitative estimate of drug-likeness (QED) is 0.166. The van der Waals surface area contributed by atoms with Gasteiger partial charge >= 0.3 is 0 Å². The maximum atomic E-state index is 4.51. The average Bonchev–Trinajstić information content (AvgIpc) is 4.17. The van der Waals surface area contributed by atoms with Gasteiger partial charge in [-0.05, 0) is 108 Å². The average molecular weight is 1170 g/mol. The van der Waals surface area contributed by atoms with Crippen LogP contribution >= 0.6 is 0 Å². The van der Waals surface area contributed by atoms with E-state index in [0.717, 1.165) is 78.4 Å². The number of anilines is 2. The van der Waals surface area contributed by atoms with E-state index < -0.39 is 10.8 Å². The van der Waals surface area contributed by atoms with E-state index in [-0.39, 0.29) is 42.1 Å². The van der Waals surface area contributed by atoms with Gasteiger partial charge in [0.15, 0.2) is 0 Å². The number of hydrogen-bond donors (Lipinski definition) is 0. The number of nitrogens with zero attached hydrogens (tertiary/aromatic N) is 12. The van der Waals surface area contributed by atoms with Crippen LogP contribution in [0.1, 0.15) is 44.8 Å². The van der Waals surface area contributed by atoms with Crippen molar-refractivity contribution in [3.63, 3.8) is 0 Å². The molecule has 8 aromatic rings. The standard InChI is InChI=1S/2C24H17N6.2Pt/c2*1-29-11-12-30(16-29)18-4-2-3-17(13-18)24(23-7-10-27-28-23)21-14-25-8-5-19(21)20-6-9-26-15-22(20)24;;/h2*2-12,14-16H,1H3;;/q2*-3;;. The van der Waals surface area contributed by atoms with Crippen LogP contribution in [-0.4, -0.2) is 54.0 Å². The van der Waals surface area contributed by atoms with E-state index in [1.54, 1.807) is 12.4 Å². The van der Waals surface area contributed by atoms with Gasteiger partial charge in [0.2, 0.25) is 0 Å². The Hall–Kier alpha value is -6.48. The topological polar surface area (TPSA) is 119 Å². The maximum absolute atomic E-state index is 4.51. The Morgan fingerprint density at radius 2 is 0.855 bits per heavy atom. The molecule has 6 aromatic heterocycles. The van der Waals surface area contributed by atoms with Crippen molar-refractivity contribution in [2.75, 3.05) is 23.9 Å². The van der Waals surface area contributed by atoms with E-state index in [1.165, 1.54) is 0 Å². The van der Waals surface area contributed by atoms with Crippen LogP contribution in [0.3, 0.4) is 0 Å². The summed E-state index contributed by atoms with van der Waals surface area (Å²) < 4.78 is 0. The van der Waals surface area contributed by atoms with Gasteiger partial charge in [-0.1, -0.05) is 12.1 Å². The molecule has 0 saturated carbocycles. The summed E-state index contributed by atoms with van der Waals surface area (Å²) in [6.45, 7) is 4.04. The van der Waals surface area contributed by atoms with Crippen molar-refractivity contribution in [2.45, 2.75) is 10.8 Å². The molecule has 0 unspecified atom stereocenters.